The summed E-state index contributed by atoms with van der Waals surface area (Å²) < 4.78 is 74.1. The van der Waals surface area contributed by atoms with Crippen molar-refractivity contribution in [3.05, 3.63) is 0 Å². The number of carbonyl (C=O) groups excluding carboxylic acids is 4. The van der Waals surface area contributed by atoms with E-state index in [1.807, 2.05) is 0 Å². The van der Waals surface area contributed by atoms with Gasteiger partial charge in [0.15, 0.2) is 43.5 Å². The van der Waals surface area contributed by atoms with Crippen LogP contribution in [0.4, 0.5) is 0 Å². The van der Waals surface area contributed by atoms with Crippen molar-refractivity contribution in [3.8, 4) is 0 Å². The summed E-state index contributed by atoms with van der Waals surface area (Å²) >= 11 is 0. The average Bonchev–Trinajstić information content (AvgIpc) is 3.41. The molecule has 5 saturated heterocycles. The Morgan fingerprint density at radius 1 is 0.525 bits per heavy atom. The van der Waals surface area contributed by atoms with Crippen molar-refractivity contribution >= 4 is 23.9 Å². The second-order valence-electron chi connectivity index (χ2n) is 22.7. The van der Waals surface area contributed by atoms with Gasteiger partial charge in [-0.2, -0.15) is 0 Å². The summed E-state index contributed by atoms with van der Waals surface area (Å²) in [6.07, 6.45) is -28.3. The molecule has 0 aliphatic carbocycles. The molecule has 0 amide bonds. The van der Waals surface area contributed by atoms with Gasteiger partial charge in [-0.05, 0) is 81.6 Å². The lowest BCUT2D eigenvalue weighted by atomic mass is 9.95. The molecule has 0 aromatic heterocycles. The highest BCUT2D eigenvalue weighted by molar-refractivity contribution is 5.74. The van der Waals surface area contributed by atoms with Crippen molar-refractivity contribution in [2.24, 2.45) is 17.8 Å². The molecule has 25 heteroatoms. The number of aliphatic hydroxyl groups is 9. The van der Waals surface area contributed by atoms with E-state index in [2.05, 4.69) is 6.92 Å². The van der Waals surface area contributed by atoms with Crippen molar-refractivity contribution in [2.45, 2.75) is 300 Å². The fourth-order valence-electron chi connectivity index (χ4n) is 10.0. The first-order chi connectivity index (χ1) is 37.8. The number of unbranched alkanes of at least 4 members (excludes halogenated alkanes) is 2. The van der Waals surface area contributed by atoms with Crippen LogP contribution < -0.4 is 0 Å². The largest absolute Gasteiger partial charge is 0.463 e. The van der Waals surface area contributed by atoms with Gasteiger partial charge in [0, 0.05) is 6.42 Å². The second kappa shape index (κ2) is 31.9. The van der Waals surface area contributed by atoms with E-state index in [1.165, 1.54) is 55.4 Å². The summed E-state index contributed by atoms with van der Waals surface area (Å²) in [5.41, 5.74) is 0. The standard InChI is InChI=1S/C55H94O25/c1-11-12-18-21-34-22-19-16-14-13-15-17-20-23-36(59)75-47-44(78-52-42(65)41(64)43(32(9)71-52)76-50(67)26(3)29(6)57)33(10)72-55(48(47)77-51(68)27(4)30(7)58)80-46-40(63)38(61)35(24-69-49(66)25(2)28(5)56)74-54(46)79-45-39(62)37(60)31(8)70-53(45)73-34/h25-35,37-48,52-58,60-65H,11-24H2,1-10H3/t25-,26-,27-,28-,29+,30+,31+,32+,33-,34+,35+,37+,38+,39-,40-,41+,42+,43+,44-,45+,46+,47+,48-,52-,53-,54-,55-/m0/s1. The molecule has 25 nitrogen and oxygen atoms in total. The van der Waals surface area contributed by atoms with Crippen LogP contribution in [0.1, 0.15) is 153 Å². The van der Waals surface area contributed by atoms with Crippen LogP contribution in [-0.2, 0) is 76.0 Å². The highest BCUT2D eigenvalue weighted by Gasteiger charge is 2.58. The molecule has 5 fully saturated rings. The topological polar surface area (TPSA) is 361 Å². The maximum absolute atomic E-state index is 14.1. The molecule has 0 unspecified atom stereocenters. The maximum atomic E-state index is 14.1. The van der Waals surface area contributed by atoms with E-state index < -0.39 is 195 Å². The molecule has 464 valence electrons. The molecular weight excluding hydrogens is 1060 g/mol. The van der Waals surface area contributed by atoms with Gasteiger partial charge in [-0.15, -0.1) is 0 Å². The number of rotatable bonds is 16. The van der Waals surface area contributed by atoms with Crippen molar-refractivity contribution in [1.29, 1.82) is 0 Å². The quantitative estimate of drug-likeness (QED) is 0.0593. The van der Waals surface area contributed by atoms with Gasteiger partial charge in [0.1, 0.15) is 67.6 Å². The minimum absolute atomic E-state index is 0.127. The Hall–Kier alpha value is -2.80. The minimum atomic E-state index is -2.08. The summed E-state index contributed by atoms with van der Waals surface area (Å²) in [5, 5.41) is 101. The molecule has 0 spiro atoms. The molecule has 5 heterocycles. The van der Waals surface area contributed by atoms with Crippen molar-refractivity contribution in [2.75, 3.05) is 6.61 Å². The molecule has 27 atom stereocenters. The van der Waals surface area contributed by atoms with Crippen LogP contribution in [0.3, 0.4) is 0 Å². The zero-order chi connectivity index (χ0) is 59.3. The molecule has 0 aromatic carbocycles. The van der Waals surface area contributed by atoms with E-state index >= 15 is 0 Å². The molecule has 5 aliphatic heterocycles. The molecule has 0 radical (unpaired) electrons. The van der Waals surface area contributed by atoms with Gasteiger partial charge >= 0.3 is 23.9 Å². The van der Waals surface area contributed by atoms with E-state index in [4.69, 9.17) is 56.8 Å². The summed E-state index contributed by atoms with van der Waals surface area (Å²) in [6, 6.07) is 0. The van der Waals surface area contributed by atoms with E-state index in [1.54, 1.807) is 6.92 Å². The van der Waals surface area contributed by atoms with Gasteiger partial charge in [0.05, 0.1) is 60.5 Å². The summed E-state index contributed by atoms with van der Waals surface area (Å²) in [4.78, 5) is 54.0. The van der Waals surface area contributed by atoms with Crippen LogP contribution in [0.25, 0.3) is 0 Å². The van der Waals surface area contributed by atoms with E-state index in [0.29, 0.717) is 25.7 Å². The lowest BCUT2D eigenvalue weighted by Gasteiger charge is -2.50. The molecule has 2 bridgehead atoms. The van der Waals surface area contributed by atoms with Crippen LogP contribution in [-0.4, -0.2) is 224 Å². The fraction of sp³-hybridized carbons (Fsp3) is 0.927. The average molecular weight is 1160 g/mol. The lowest BCUT2D eigenvalue weighted by Crippen LogP contribution is -2.68. The monoisotopic (exact) mass is 1150 g/mol. The Balaban J connectivity index is 1.60. The van der Waals surface area contributed by atoms with E-state index in [9.17, 15) is 65.1 Å². The predicted molar refractivity (Wildman–Crippen MR) is 276 cm³/mol. The van der Waals surface area contributed by atoms with Gasteiger partial charge in [-0.3, -0.25) is 19.2 Å². The highest BCUT2D eigenvalue weighted by Crippen LogP contribution is 2.38. The van der Waals surface area contributed by atoms with Gasteiger partial charge in [-0.1, -0.05) is 64.7 Å². The van der Waals surface area contributed by atoms with Crippen LogP contribution in [0.5, 0.6) is 0 Å². The van der Waals surface area contributed by atoms with E-state index in [-0.39, 0.29) is 6.42 Å². The van der Waals surface area contributed by atoms with Crippen molar-refractivity contribution < 1.29 is 122 Å². The highest BCUT2D eigenvalue weighted by atomic mass is 16.8. The number of fused-ring (bicyclic) bond motifs is 4. The number of carbonyl (C=O) groups is 4. The summed E-state index contributed by atoms with van der Waals surface area (Å²) in [5.74, 6) is -6.87. The Morgan fingerprint density at radius 2 is 1.04 bits per heavy atom. The van der Waals surface area contributed by atoms with Gasteiger partial charge in [0.2, 0.25) is 0 Å². The second-order valence-corrected chi connectivity index (χ2v) is 22.7. The molecule has 5 aliphatic rings. The number of ether oxygens (including phenoxy) is 12. The normalized spacial score (nSPS) is 40.5. The molecule has 5 rings (SSSR count). The van der Waals surface area contributed by atoms with Gasteiger partial charge < -0.3 is 103 Å². The Morgan fingerprint density at radius 3 is 1.64 bits per heavy atom. The third-order valence-corrected chi connectivity index (χ3v) is 16.1. The maximum Gasteiger partial charge on any atom is 0.311 e. The predicted octanol–water partition coefficient (Wildman–Crippen LogP) is 1.09. The third-order valence-electron chi connectivity index (χ3n) is 16.1. The van der Waals surface area contributed by atoms with Crippen LogP contribution in [0.15, 0.2) is 0 Å². The molecule has 0 aromatic rings. The molecule has 9 N–H and O–H groups in total. The van der Waals surface area contributed by atoms with Crippen molar-refractivity contribution in [1.82, 2.24) is 0 Å². The molecular formula is C55H94O25. The first-order valence-corrected chi connectivity index (χ1v) is 28.9. The first-order valence-electron chi connectivity index (χ1n) is 28.9. The number of hydrogen-bond acceptors (Lipinski definition) is 25. The Labute approximate surface area is 469 Å². The number of aliphatic hydroxyl groups excluding tert-OH is 9. The van der Waals surface area contributed by atoms with Crippen LogP contribution in [0, 0.1) is 17.8 Å². The Kier molecular flexibility index (Phi) is 27.1. The van der Waals surface area contributed by atoms with Gasteiger partial charge in [0.25, 0.3) is 0 Å². The lowest BCUT2D eigenvalue weighted by molar-refractivity contribution is -0.399. The number of esters is 4. The number of hydrogen-bond donors (Lipinski definition) is 9. The smallest absolute Gasteiger partial charge is 0.311 e. The fourth-order valence-corrected chi connectivity index (χ4v) is 10.0. The van der Waals surface area contributed by atoms with E-state index in [0.717, 1.165) is 51.4 Å². The molecule has 0 saturated carbocycles. The van der Waals surface area contributed by atoms with Crippen LogP contribution >= 0.6 is 0 Å². The van der Waals surface area contributed by atoms with Gasteiger partial charge in [-0.25, -0.2) is 0 Å². The molecule has 80 heavy (non-hydrogen) atoms. The third kappa shape index (κ3) is 18.1. The first kappa shape index (κ1) is 68.0. The SMILES string of the molecule is CCCCC[C@@H]1CCCCCCCCCC(=O)O[C@H]2[C@H](OC(=O)[C@@H](C)[C@@H](C)O)[C@H](O[C@H]3[C@H](O[C@H]4[C@H](O1)O[C@H](C)[C@@H](O)[C@@H]4O)O[C@H](COC(=O)[C@@H](C)[C@H](C)O)[C@@H](O)[C@@H]3O)O[C@@H](C)[C@@H]2O[C@@H]1O[C@H](C)[C@@H](OC(=O)[C@@H](C)[C@@H](C)O)[C@H](O)[C@H]1O. The summed E-state index contributed by atoms with van der Waals surface area (Å²) in [6.45, 7) is 14.1. The van der Waals surface area contributed by atoms with Crippen LogP contribution in [0.2, 0.25) is 0 Å². The Bertz CT molecular complexity index is 1890. The summed E-state index contributed by atoms with van der Waals surface area (Å²) in [7, 11) is 0. The minimum Gasteiger partial charge on any atom is -0.463 e. The zero-order valence-corrected chi connectivity index (χ0v) is 48.0. The zero-order valence-electron chi connectivity index (χ0n) is 48.0. The van der Waals surface area contributed by atoms with Crippen molar-refractivity contribution in [3.63, 3.8) is 0 Å².